The van der Waals surface area contributed by atoms with Crippen LogP contribution in [0, 0.1) is 6.92 Å². The summed E-state index contributed by atoms with van der Waals surface area (Å²) < 4.78 is 5.21. The van der Waals surface area contributed by atoms with E-state index < -0.39 is 0 Å². The van der Waals surface area contributed by atoms with Crippen molar-refractivity contribution in [2.75, 3.05) is 25.5 Å². The summed E-state index contributed by atoms with van der Waals surface area (Å²) in [6, 6.07) is 5.76. The topological polar surface area (TPSA) is 80.2 Å². The van der Waals surface area contributed by atoms with Gasteiger partial charge in [0.2, 0.25) is 0 Å². The molecule has 1 aliphatic rings. The lowest BCUT2D eigenvalue weighted by Crippen LogP contribution is -2.42. The Morgan fingerprint density at radius 3 is 2.71 bits per heavy atom. The van der Waals surface area contributed by atoms with Gasteiger partial charge in [-0.15, -0.1) is 0 Å². The molecule has 1 aliphatic heterocycles. The maximum absolute atomic E-state index is 12.5. The molecular formula is C17H21N5O2. The molecule has 1 saturated heterocycles. The first-order valence-corrected chi connectivity index (χ1v) is 8.02. The second-order valence-electron chi connectivity index (χ2n) is 5.79. The molecule has 0 bridgehead atoms. The maximum Gasteiger partial charge on any atom is 0.272 e. The highest BCUT2D eigenvalue weighted by molar-refractivity contribution is 5.92. The van der Waals surface area contributed by atoms with Crippen molar-refractivity contribution in [3.8, 4) is 5.88 Å². The monoisotopic (exact) mass is 327 g/mol. The second-order valence-corrected chi connectivity index (χ2v) is 5.79. The van der Waals surface area contributed by atoms with Crippen LogP contribution in [-0.4, -0.2) is 52.0 Å². The fraction of sp³-hybridized carbons (Fsp3) is 0.412. The van der Waals surface area contributed by atoms with Crippen molar-refractivity contribution in [2.45, 2.75) is 25.8 Å². The zero-order chi connectivity index (χ0) is 16.9. The first-order chi connectivity index (χ1) is 11.7. The van der Waals surface area contributed by atoms with Gasteiger partial charge in [0.1, 0.15) is 5.69 Å². The number of carbonyl (C=O) groups excluding carboxylic acids is 1. The van der Waals surface area contributed by atoms with Gasteiger partial charge in [0.05, 0.1) is 7.11 Å². The standard InChI is InChI=1S/C17H21N5O2/c1-12-4-3-5-14(20-12)17(23)22-10-6-13(7-11-22)21-15-16(24-2)19-9-8-18-15/h3-5,8-9,13H,6-7,10-11H2,1-2H3,(H,18,21). The quantitative estimate of drug-likeness (QED) is 0.924. The van der Waals surface area contributed by atoms with Crippen LogP contribution >= 0.6 is 0 Å². The highest BCUT2D eigenvalue weighted by Crippen LogP contribution is 2.22. The minimum Gasteiger partial charge on any atom is -0.478 e. The molecule has 0 saturated carbocycles. The van der Waals surface area contributed by atoms with E-state index >= 15 is 0 Å². The number of likely N-dealkylation sites (tertiary alicyclic amines) is 1. The molecule has 0 atom stereocenters. The predicted octanol–water partition coefficient (Wildman–Crippen LogP) is 1.91. The number of pyridine rings is 1. The van der Waals surface area contributed by atoms with Gasteiger partial charge in [0.25, 0.3) is 11.8 Å². The predicted molar refractivity (Wildman–Crippen MR) is 90.1 cm³/mol. The number of nitrogens with zero attached hydrogens (tertiary/aromatic N) is 4. The number of aromatic nitrogens is 3. The van der Waals surface area contributed by atoms with E-state index in [1.165, 1.54) is 0 Å². The number of nitrogens with one attached hydrogen (secondary N) is 1. The minimum atomic E-state index is -0.00534. The summed E-state index contributed by atoms with van der Waals surface area (Å²) in [5.74, 6) is 1.12. The molecule has 2 aromatic heterocycles. The Labute approximate surface area is 141 Å². The SMILES string of the molecule is COc1nccnc1NC1CCN(C(=O)c2cccc(C)n2)CC1. The molecule has 3 heterocycles. The van der Waals surface area contributed by atoms with E-state index in [1.807, 2.05) is 24.0 Å². The summed E-state index contributed by atoms with van der Waals surface area (Å²) in [7, 11) is 1.57. The molecular weight excluding hydrogens is 306 g/mol. The maximum atomic E-state index is 12.5. The van der Waals surface area contributed by atoms with E-state index in [0.29, 0.717) is 30.5 Å². The van der Waals surface area contributed by atoms with Crippen molar-refractivity contribution in [2.24, 2.45) is 0 Å². The Kier molecular flexibility index (Phi) is 4.88. The van der Waals surface area contributed by atoms with E-state index in [1.54, 1.807) is 25.6 Å². The van der Waals surface area contributed by atoms with E-state index in [9.17, 15) is 4.79 Å². The molecule has 2 aromatic rings. The van der Waals surface area contributed by atoms with Crippen molar-refractivity contribution in [3.63, 3.8) is 0 Å². The lowest BCUT2D eigenvalue weighted by atomic mass is 10.0. The van der Waals surface area contributed by atoms with Gasteiger partial charge in [-0.25, -0.2) is 15.0 Å². The molecule has 24 heavy (non-hydrogen) atoms. The average molecular weight is 327 g/mol. The zero-order valence-electron chi connectivity index (χ0n) is 13.9. The second kappa shape index (κ2) is 7.25. The van der Waals surface area contributed by atoms with E-state index in [-0.39, 0.29) is 11.9 Å². The molecule has 0 radical (unpaired) electrons. The number of hydrogen-bond acceptors (Lipinski definition) is 6. The Bertz CT molecular complexity index is 714. The van der Waals surface area contributed by atoms with E-state index in [2.05, 4.69) is 20.3 Å². The van der Waals surface area contributed by atoms with Gasteiger partial charge >= 0.3 is 0 Å². The summed E-state index contributed by atoms with van der Waals surface area (Å²) in [4.78, 5) is 27.1. The summed E-state index contributed by atoms with van der Waals surface area (Å²) in [5.41, 5.74) is 1.36. The zero-order valence-corrected chi connectivity index (χ0v) is 13.9. The molecule has 1 fully saturated rings. The third-order valence-corrected chi connectivity index (χ3v) is 4.09. The third-order valence-electron chi connectivity index (χ3n) is 4.09. The fourth-order valence-electron chi connectivity index (χ4n) is 2.82. The van der Waals surface area contributed by atoms with Gasteiger partial charge in [-0.2, -0.15) is 0 Å². The van der Waals surface area contributed by atoms with E-state index in [0.717, 1.165) is 18.5 Å². The number of rotatable bonds is 4. The largest absolute Gasteiger partial charge is 0.478 e. The van der Waals surface area contributed by atoms with Crippen LogP contribution in [0.1, 0.15) is 29.0 Å². The Balaban J connectivity index is 1.58. The fourth-order valence-corrected chi connectivity index (χ4v) is 2.82. The highest BCUT2D eigenvalue weighted by Gasteiger charge is 2.25. The molecule has 1 N–H and O–H groups in total. The van der Waals surface area contributed by atoms with Gasteiger partial charge in [-0.05, 0) is 31.9 Å². The van der Waals surface area contributed by atoms with Crippen LogP contribution < -0.4 is 10.1 Å². The number of anilines is 1. The summed E-state index contributed by atoms with van der Waals surface area (Å²) in [6.07, 6.45) is 4.92. The number of methoxy groups -OCH3 is 1. The molecule has 0 spiro atoms. The number of ether oxygens (including phenoxy) is 1. The van der Waals surface area contributed by atoms with Crippen molar-refractivity contribution in [1.29, 1.82) is 0 Å². The molecule has 3 rings (SSSR count). The van der Waals surface area contributed by atoms with Gasteiger partial charge in [-0.1, -0.05) is 6.07 Å². The smallest absolute Gasteiger partial charge is 0.272 e. The first-order valence-electron chi connectivity index (χ1n) is 8.02. The highest BCUT2D eigenvalue weighted by atomic mass is 16.5. The first kappa shape index (κ1) is 16.2. The van der Waals surface area contributed by atoms with E-state index in [4.69, 9.17) is 4.74 Å². The molecule has 126 valence electrons. The average Bonchev–Trinajstić information content (AvgIpc) is 2.62. The van der Waals surface area contributed by atoms with Gasteiger partial charge in [0.15, 0.2) is 5.82 Å². The van der Waals surface area contributed by atoms with Crippen LogP contribution in [0.15, 0.2) is 30.6 Å². The summed E-state index contributed by atoms with van der Waals surface area (Å²) >= 11 is 0. The van der Waals surface area contributed by atoms with Gasteiger partial charge in [-0.3, -0.25) is 4.79 Å². The summed E-state index contributed by atoms with van der Waals surface area (Å²) in [6.45, 7) is 3.27. The molecule has 7 heteroatoms. The Hall–Kier alpha value is -2.70. The number of hydrogen-bond donors (Lipinski definition) is 1. The number of aryl methyl sites for hydroxylation is 1. The van der Waals surface area contributed by atoms with Crippen LogP contribution in [0.3, 0.4) is 0 Å². The number of piperidine rings is 1. The molecule has 0 aliphatic carbocycles. The Morgan fingerprint density at radius 2 is 2.00 bits per heavy atom. The van der Waals surface area contributed by atoms with Crippen LogP contribution in [-0.2, 0) is 0 Å². The van der Waals surface area contributed by atoms with Gasteiger partial charge in [0, 0.05) is 37.2 Å². The van der Waals surface area contributed by atoms with Crippen LogP contribution in [0.25, 0.3) is 0 Å². The van der Waals surface area contributed by atoms with Crippen LogP contribution in [0.5, 0.6) is 5.88 Å². The lowest BCUT2D eigenvalue weighted by Gasteiger charge is -2.32. The third kappa shape index (κ3) is 3.61. The molecule has 7 nitrogen and oxygen atoms in total. The molecule has 1 amide bonds. The van der Waals surface area contributed by atoms with Crippen molar-refractivity contribution >= 4 is 11.7 Å². The Morgan fingerprint density at radius 1 is 1.25 bits per heavy atom. The van der Waals surface area contributed by atoms with Crippen molar-refractivity contribution in [3.05, 3.63) is 42.0 Å². The lowest BCUT2D eigenvalue weighted by molar-refractivity contribution is 0.0712. The van der Waals surface area contributed by atoms with Crippen molar-refractivity contribution in [1.82, 2.24) is 19.9 Å². The molecule has 0 unspecified atom stereocenters. The van der Waals surface area contributed by atoms with Crippen LogP contribution in [0.2, 0.25) is 0 Å². The number of carbonyl (C=O) groups is 1. The van der Waals surface area contributed by atoms with Crippen LogP contribution in [0.4, 0.5) is 5.82 Å². The van der Waals surface area contributed by atoms with Gasteiger partial charge < -0.3 is 15.0 Å². The molecule has 0 aromatic carbocycles. The normalized spacial score (nSPS) is 15.2. The van der Waals surface area contributed by atoms with Crippen molar-refractivity contribution < 1.29 is 9.53 Å². The summed E-state index contributed by atoms with van der Waals surface area (Å²) in [5, 5.41) is 3.36. The number of amides is 1. The minimum absolute atomic E-state index is 0.00534.